The second kappa shape index (κ2) is 5.54. The van der Waals surface area contributed by atoms with Gasteiger partial charge in [0.15, 0.2) is 0 Å². The summed E-state index contributed by atoms with van der Waals surface area (Å²) in [7, 11) is 1.31. The topological polar surface area (TPSA) is 35.2 Å². The van der Waals surface area contributed by atoms with Crippen molar-refractivity contribution in [1.29, 1.82) is 0 Å². The molecule has 20 heavy (non-hydrogen) atoms. The zero-order chi connectivity index (χ0) is 14.9. The van der Waals surface area contributed by atoms with Crippen LogP contribution < -0.4 is 10.5 Å². The van der Waals surface area contributed by atoms with E-state index in [0.717, 1.165) is 12.1 Å². The van der Waals surface area contributed by atoms with Gasteiger partial charge in [-0.1, -0.05) is 6.07 Å². The third-order valence-electron chi connectivity index (χ3n) is 3.02. The van der Waals surface area contributed by atoms with Gasteiger partial charge in [0.25, 0.3) is 0 Å². The first-order valence-corrected chi connectivity index (χ1v) is 5.98. The molecule has 0 aliphatic carbocycles. The largest absolute Gasteiger partial charge is 0.497 e. The summed E-state index contributed by atoms with van der Waals surface area (Å²) in [6.45, 7) is 1.68. The fourth-order valence-corrected chi connectivity index (χ4v) is 2.09. The van der Waals surface area contributed by atoms with Crippen molar-refractivity contribution in [1.82, 2.24) is 0 Å². The minimum absolute atomic E-state index is 0.0615. The van der Waals surface area contributed by atoms with Crippen LogP contribution in [0.15, 0.2) is 30.3 Å². The molecule has 0 aliphatic heterocycles. The van der Waals surface area contributed by atoms with Crippen molar-refractivity contribution in [2.24, 2.45) is 5.73 Å². The molecule has 1 atom stereocenters. The summed E-state index contributed by atoms with van der Waals surface area (Å²) >= 11 is 0. The Morgan fingerprint density at radius 1 is 1.00 bits per heavy atom. The normalized spacial score (nSPS) is 12.3. The molecule has 5 heteroatoms. The van der Waals surface area contributed by atoms with Gasteiger partial charge in [0, 0.05) is 17.7 Å². The Hall–Kier alpha value is -2.01. The predicted molar refractivity (Wildman–Crippen MR) is 70.1 cm³/mol. The minimum Gasteiger partial charge on any atom is -0.497 e. The summed E-state index contributed by atoms with van der Waals surface area (Å²) in [4.78, 5) is 0. The van der Waals surface area contributed by atoms with Gasteiger partial charge >= 0.3 is 0 Å². The van der Waals surface area contributed by atoms with Gasteiger partial charge in [-0.3, -0.25) is 0 Å². The van der Waals surface area contributed by atoms with Crippen molar-refractivity contribution in [3.63, 3.8) is 0 Å². The lowest BCUT2D eigenvalue weighted by Crippen LogP contribution is -2.16. The molecule has 106 valence electrons. The Morgan fingerprint density at radius 2 is 1.60 bits per heavy atom. The number of rotatable bonds is 3. The molecular formula is C15H14F3NO. The van der Waals surface area contributed by atoms with Gasteiger partial charge in [-0.25, -0.2) is 13.2 Å². The molecule has 0 bridgehead atoms. The summed E-state index contributed by atoms with van der Waals surface area (Å²) < 4.78 is 46.0. The molecule has 0 aromatic heterocycles. The van der Waals surface area contributed by atoms with Gasteiger partial charge < -0.3 is 10.5 Å². The van der Waals surface area contributed by atoms with Crippen LogP contribution in [0.2, 0.25) is 0 Å². The lowest BCUT2D eigenvalue weighted by Gasteiger charge is -2.16. The van der Waals surface area contributed by atoms with Crippen LogP contribution in [0.4, 0.5) is 13.2 Å². The van der Waals surface area contributed by atoms with Gasteiger partial charge in [0.1, 0.15) is 23.2 Å². The van der Waals surface area contributed by atoms with Gasteiger partial charge in [-0.2, -0.15) is 0 Å². The Morgan fingerprint density at radius 3 is 2.10 bits per heavy atom. The van der Waals surface area contributed by atoms with Crippen molar-refractivity contribution >= 4 is 0 Å². The van der Waals surface area contributed by atoms with Crippen LogP contribution in [0.1, 0.15) is 22.7 Å². The zero-order valence-electron chi connectivity index (χ0n) is 11.1. The fourth-order valence-electron chi connectivity index (χ4n) is 2.09. The third-order valence-corrected chi connectivity index (χ3v) is 3.02. The van der Waals surface area contributed by atoms with Crippen LogP contribution in [-0.4, -0.2) is 7.11 Å². The highest BCUT2D eigenvalue weighted by molar-refractivity contribution is 5.38. The van der Waals surface area contributed by atoms with E-state index in [1.807, 2.05) is 0 Å². The number of benzene rings is 2. The van der Waals surface area contributed by atoms with E-state index in [9.17, 15) is 13.2 Å². The average Bonchev–Trinajstić information content (AvgIpc) is 2.36. The smallest absolute Gasteiger partial charge is 0.134 e. The number of aryl methyl sites for hydroxylation is 1. The molecule has 0 heterocycles. The van der Waals surface area contributed by atoms with Crippen LogP contribution in [0.3, 0.4) is 0 Å². The highest BCUT2D eigenvalue weighted by Crippen LogP contribution is 2.29. The van der Waals surface area contributed by atoms with Crippen molar-refractivity contribution in [3.05, 3.63) is 64.5 Å². The first kappa shape index (κ1) is 14.4. The Labute approximate surface area is 115 Å². The second-order valence-electron chi connectivity index (χ2n) is 4.54. The molecule has 0 amide bonds. The molecule has 0 fully saturated rings. The van der Waals surface area contributed by atoms with Crippen molar-refractivity contribution < 1.29 is 17.9 Å². The Balaban J connectivity index is 2.50. The van der Waals surface area contributed by atoms with Gasteiger partial charge in [0.2, 0.25) is 0 Å². The molecule has 2 rings (SSSR count). The summed E-state index contributed by atoms with van der Waals surface area (Å²) in [5.74, 6) is -2.08. The highest BCUT2D eigenvalue weighted by Gasteiger charge is 2.20. The maximum atomic E-state index is 13.9. The third kappa shape index (κ3) is 2.77. The molecule has 2 aromatic rings. The number of nitrogens with two attached hydrogens (primary N) is 1. The molecule has 0 saturated heterocycles. The van der Waals surface area contributed by atoms with E-state index >= 15 is 0 Å². The standard InChI is InChI=1S/C15H14F3NO/c1-8-3-9(5-10(16)4-8)15(19)14-12(17)6-11(20-2)7-13(14)18/h3-7,15H,19H2,1-2H3. The highest BCUT2D eigenvalue weighted by atomic mass is 19.1. The first-order valence-electron chi connectivity index (χ1n) is 5.98. The maximum absolute atomic E-state index is 13.9. The lowest BCUT2D eigenvalue weighted by atomic mass is 9.97. The quantitative estimate of drug-likeness (QED) is 0.935. The minimum atomic E-state index is -1.09. The maximum Gasteiger partial charge on any atom is 0.134 e. The van der Waals surface area contributed by atoms with Crippen LogP contribution in [0, 0.1) is 24.4 Å². The van der Waals surface area contributed by atoms with Gasteiger partial charge in [-0.15, -0.1) is 0 Å². The lowest BCUT2D eigenvalue weighted by molar-refractivity contribution is 0.404. The summed E-state index contributed by atoms with van der Waals surface area (Å²) in [6.07, 6.45) is 0. The molecule has 2 aromatic carbocycles. The van der Waals surface area contributed by atoms with E-state index in [0.29, 0.717) is 11.1 Å². The average molecular weight is 281 g/mol. The number of halogens is 3. The van der Waals surface area contributed by atoms with Crippen LogP contribution in [0.5, 0.6) is 5.75 Å². The molecule has 0 radical (unpaired) electrons. The molecule has 0 aliphatic rings. The van der Waals surface area contributed by atoms with Crippen LogP contribution in [-0.2, 0) is 0 Å². The second-order valence-corrected chi connectivity index (χ2v) is 4.54. The molecule has 0 spiro atoms. The molecule has 1 unspecified atom stereocenters. The van der Waals surface area contributed by atoms with E-state index in [1.165, 1.54) is 19.2 Å². The predicted octanol–water partition coefficient (Wildman–Crippen LogP) is 3.47. The van der Waals surface area contributed by atoms with Crippen molar-refractivity contribution in [2.45, 2.75) is 13.0 Å². The number of methoxy groups -OCH3 is 1. The van der Waals surface area contributed by atoms with Crippen molar-refractivity contribution in [2.75, 3.05) is 7.11 Å². The summed E-state index contributed by atoms with van der Waals surface area (Å²) in [6, 6.07) is 5.08. The molecular weight excluding hydrogens is 267 g/mol. The first-order chi connectivity index (χ1) is 9.42. The van der Waals surface area contributed by atoms with E-state index < -0.39 is 23.5 Å². The van der Waals surface area contributed by atoms with E-state index in [-0.39, 0.29) is 11.3 Å². The SMILES string of the molecule is COc1cc(F)c(C(N)c2cc(C)cc(F)c2)c(F)c1. The monoisotopic (exact) mass is 281 g/mol. The Bertz CT molecular complexity index is 600. The Kier molecular flexibility index (Phi) is 3.99. The van der Waals surface area contributed by atoms with E-state index in [2.05, 4.69) is 0 Å². The van der Waals surface area contributed by atoms with Crippen LogP contribution >= 0.6 is 0 Å². The summed E-state index contributed by atoms with van der Waals surface area (Å²) in [5.41, 5.74) is 6.49. The fraction of sp³-hybridized carbons (Fsp3) is 0.200. The van der Waals surface area contributed by atoms with Gasteiger partial charge in [0.05, 0.1) is 13.2 Å². The van der Waals surface area contributed by atoms with Crippen LogP contribution in [0.25, 0.3) is 0 Å². The number of hydrogen-bond acceptors (Lipinski definition) is 2. The van der Waals surface area contributed by atoms with Gasteiger partial charge in [-0.05, 0) is 30.2 Å². The molecule has 2 nitrogen and oxygen atoms in total. The molecule has 0 saturated carbocycles. The summed E-state index contributed by atoms with van der Waals surface area (Å²) in [5, 5.41) is 0. The van der Waals surface area contributed by atoms with E-state index in [1.54, 1.807) is 13.0 Å². The zero-order valence-corrected chi connectivity index (χ0v) is 11.1. The molecule has 2 N–H and O–H groups in total. The number of hydrogen-bond donors (Lipinski definition) is 1. The number of ether oxygens (including phenoxy) is 1. The van der Waals surface area contributed by atoms with E-state index in [4.69, 9.17) is 10.5 Å². The van der Waals surface area contributed by atoms with Crippen molar-refractivity contribution in [3.8, 4) is 5.75 Å².